The lowest BCUT2D eigenvalue weighted by atomic mass is 10.1. The van der Waals surface area contributed by atoms with E-state index in [1.807, 2.05) is 6.20 Å². The molecule has 102 valence electrons. The molecule has 2 saturated carbocycles. The molecule has 1 aliphatic heterocycles. The van der Waals surface area contributed by atoms with Crippen LogP contribution in [0.5, 0.6) is 0 Å². The molecule has 0 bridgehead atoms. The van der Waals surface area contributed by atoms with E-state index >= 15 is 0 Å². The van der Waals surface area contributed by atoms with Crippen molar-refractivity contribution in [1.29, 1.82) is 0 Å². The molecular formula is C15H21N3O. The van der Waals surface area contributed by atoms with Crippen molar-refractivity contribution in [3.8, 4) is 0 Å². The summed E-state index contributed by atoms with van der Waals surface area (Å²) in [5, 5.41) is 0. The quantitative estimate of drug-likeness (QED) is 0.813. The lowest BCUT2D eigenvalue weighted by Gasteiger charge is -2.26. The summed E-state index contributed by atoms with van der Waals surface area (Å²) in [4.78, 5) is 11.8. The Balaban J connectivity index is 1.53. The number of ether oxygens (including phenoxy) is 1. The molecule has 0 unspecified atom stereocenters. The molecule has 0 radical (unpaired) electrons. The van der Waals surface area contributed by atoms with E-state index in [4.69, 9.17) is 9.72 Å². The molecule has 4 rings (SSSR count). The van der Waals surface area contributed by atoms with E-state index in [-0.39, 0.29) is 0 Å². The Bertz CT molecular complexity index is 450. The van der Waals surface area contributed by atoms with Crippen LogP contribution < -0.4 is 4.90 Å². The van der Waals surface area contributed by atoms with E-state index in [0.29, 0.717) is 17.9 Å². The van der Waals surface area contributed by atoms with Crippen LogP contribution in [-0.2, 0) is 4.74 Å². The predicted octanol–water partition coefficient (Wildman–Crippen LogP) is 2.36. The molecule has 2 heterocycles. The van der Waals surface area contributed by atoms with E-state index < -0.39 is 0 Å². The maximum absolute atomic E-state index is 5.51. The molecule has 3 fully saturated rings. The Hall–Kier alpha value is -1.16. The van der Waals surface area contributed by atoms with Crippen LogP contribution in [-0.4, -0.2) is 35.8 Å². The number of hydrogen-bond acceptors (Lipinski definition) is 4. The highest BCUT2D eigenvalue weighted by Gasteiger charge is 2.33. The van der Waals surface area contributed by atoms with Gasteiger partial charge >= 0.3 is 0 Å². The van der Waals surface area contributed by atoms with E-state index in [2.05, 4.69) is 16.0 Å². The monoisotopic (exact) mass is 259 g/mol. The fourth-order valence-electron chi connectivity index (χ4n) is 2.88. The normalized spacial score (nSPS) is 26.6. The minimum Gasteiger partial charge on any atom is -0.381 e. The average Bonchev–Trinajstić information content (AvgIpc) is 3.36. The lowest BCUT2D eigenvalue weighted by molar-refractivity contribution is 0.186. The summed E-state index contributed by atoms with van der Waals surface area (Å²) >= 11 is 0. The van der Waals surface area contributed by atoms with Crippen molar-refractivity contribution in [2.24, 2.45) is 5.92 Å². The number of aromatic nitrogens is 2. The second kappa shape index (κ2) is 4.75. The molecular weight excluding hydrogens is 238 g/mol. The highest BCUT2D eigenvalue weighted by atomic mass is 16.5. The summed E-state index contributed by atoms with van der Waals surface area (Å²) in [6, 6.07) is 2.79. The van der Waals surface area contributed by atoms with Crippen LogP contribution in [0, 0.1) is 5.92 Å². The molecule has 1 aromatic rings. The van der Waals surface area contributed by atoms with Gasteiger partial charge in [0.1, 0.15) is 11.6 Å². The van der Waals surface area contributed by atoms with Crippen molar-refractivity contribution >= 4 is 5.82 Å². The summed E-state index contributed by atoms with van der Waals surface area (Å²) < 4.78 is 5.51. The third kappa shape index (κ3) is 2.59. The maximum atomic E-state index is 5.51. The van der Waals surface area contributed by atoms with Crippen molar-refractivity contribution in [3.63, 3.8) is 0 Å². The lowest BCUT2D eigenvalue weighted by Crippen LogP contribution is -2.32. The molecule has 1 saturated heterocycles. The van der Waals surface area contributed by atoms with Gasteiger partial charge in [-0.15, -0.1) is 0 Å². The summed E-state index contributed by atoms with van der Waals surface area (Å²) in [6.45, 7) is 2.95. The van der Waals surface area contributed by atoms with Gasteiger partial charge in [-0.05, 0) is 38.2 Å². The fourth-order valence-corrected chi connectivity index (χ4v) is 2.88. The number of anilines is 1. The van der Waals surface area contributed by atoms with E-state index in [1.54, 1.807) is 0 Å². The molecule has 0 spiro atoms. The minimum absolute atomic E-state index is 0.635. The molecule has 3 aliphatic rings. The zero-order chi connectivity index (χ0) is 12.7. The van der Waals surface area contributed by atoms with Gasteiger partial charge in [0.2, 0.25) is 0 Å². The Morgan fingerprint density at radius 1 is 1.21 bits per heavy atom. The summed E-state index contributed by atoms with van der Waals surface area (Å²) in [5.41, 5.74) is 0. The van der Waals surface area contributed by atoms with Crippen LogP contribution in [0.1, 0.15) is 43.8 Å². The van der Waals surface area contributed by atoms with Crippen LogP contribution >= 0.6 is 0 Å². The van der Waals surface area contributed by atoms with Gasteiger partial charge < -0.3 is 9.64 Å². The van der Waals surface area contributed by atoms with E-state index in [0.717, 1.165) is 31.4 Å². The Morgan fingerprint density at radius 2 is 2.11 bits per heavy atom. The van der Waals surface area contributed by atoms with Crippen molar-refractivity contribution in [2.75, 3.05) is 24.7 Å². The first-order valence-corrected chi connectivity index (χ1v) is 7.57. The first kappa shape index (κ1) is 11.6. The van der Waals surface area contributed by atoms with Gasteiger partial charge in [-0.25, -0.2) is 9.97 Å². The standard InChI is InChI=1S/C15H21N3O/c1-2-12(1)15-16-7-5-14(17-15)18(13-3-4-13)9-11-6-8-19-10-11/h5,7,11-13H,1-4,6,8-10H2/t11-/m1/s1. The van der Waals surface area contributed by atoms with Crippen molar-refractivity contribution in [2.45, 2.75) is 44.1 Å². The van der Waals surface area contributed by atoms with Gasteiger partial charge in [-0.2, -0.15) is 0 Å². The van der Waals surface area contributed by atoms with E-state index in [1.165, 1.54) is 32.1 Å². The maximum Gasteiger partial charge on any atom is 0.133 e. The van der Waals surface area contributed by atoms with Gasteiger partial charge in [0.05, 0.1) is 6.61 Å². The zero-order valence-corrected chi connectivity index (χ0v) is 11.3. The average molecular weight is 259 g/mol. The second-order valence-electron chi connectivity index (χ2n) is 6.16. The summed E-state index contributed by atoms with van der Waals surface area (Å²) in [5.74, 6) is 3.52. The molecule has 0 aromatic carbocycles. The molecule has 1 atom stereocenters. The third-order valence-electron chi connectivity index (χ3n) is 4.36. The van der Waals surface area contributed by atoms with Crippen molar-refractivity contribution < 1.29 is 4.74 Å². The van der Waals surface area contributed by atoms with Crippen molar-refractivity contribution in [3.05, 3.63) is 18.1 Å². The molecule has 4 heteroatoms. The van der Waals surface area contributed by atoms with Crippen LogP contribution in [0.25, 0.3) is 0 Å². The number of rotatable bonds is 5. The van der Waals surface area contributed by atoms with Crippen molar-refractivity contribution in [1.82, 2.24) is 9.97 Å². The van der Waals surface area contributed by atoms with Crippen LogP contribution in [0.3, 0.4) is 0 Å². The van der Waals surface area contributed by atoms with Gasteiger partial charge in [0, 0.05) is 37.2 Å². The molecule has 19 heavy (non-hydrogen) atoms. The van der Waals surface area contributed by atoms with Gasteiger partial charge in [-0.3, -0.25) is 0 Å². The Morgan fingerprint density at radius 3 is 2.79 bits per heavy atom. The van der Waals surface area contributed by atoms with Gasteiger partial charge in [0.25, 0.3) is 0 Å². The first-order chi connectivity index (χ1) is 9.40. The smallest absolute Gasteiger partial charge is 0.133 e. The minimum atomic E-state index is 0.635. The highest BCUT2D eigenvalue weighted by Crippen LogP contribution is 2.39. The predicted molar refractivity (Wildman–Crippen MR) is 73.3 cm³/mol. The Labute approximate surface area is 114 Å². The largest absolute Gasteiger partial charge is 0.381 e. The second-order valence-corrected chi connectivity index (χ2v) is 6.16. The molecule has 0 N–H and O–H groups in total. The van der Waals surface area contributed by atoms with Gasteiger partial charge in [-0.1, -0.05) is 0 Å². The molecule has 1 aromatic heterocycles. The van der Waals surface area contributed by atoms with Crippen LogP contribution in [0.4, 0.5) is 5.82 Å². The first-order valence-electron chi connectivity index (χ1n) is 7.57. The van der Waals surface area contributed by atoms with E-state index in [9.17, 15) is 0 Å². The summed E-state index contributed by atoms with van der Waals surface area (Å²) in [7, 11) is 0. The SMILES string of the molecule is c1cc(N(C[C@H]2CCOC2)C2CC2)nc(C2CC2)n1. The molecule has 2 aliphatic carbocycles. The van der Waals surface area contributed by atoms with Gasteiger partial charge in [0.15, 0.2) is 0 Å². The zero-order valence-electron chi connectivity index (χ0n) is 11.3. The number of hydrogen-bond donors (Lipinski definition) is 0. The third-order valence-corrected chi connectivity index (χ3v) is 4.36. The summed E-state index contributed by atoms with van der Waals surface area (Å²) in [6.07, 6.45) is 8.31. The molecule has 0 amide bonds. The topological polar surface area (TPSA) is 38.2 Å². The number of nitrogens with zero attached hydrogens (tertiary/aromatic N) is 3. The fraction of sp³-hybridized carbons (Fsp3) is 0.733. The highest BCUT2D eigenvalue weighted by molar-refractivity contribution is 5.41. The van der Waals surface area contributed by atoms with Crippen LogP contribution in [0.15, 0.2) is 12.3 Å². The molecule has 4 nitrogen and oxygen atoms in total. The van der Waals surface area contributed by atoms with Crippen LogP contribution in [0.2, 0.25) is 0 Å². The Kier molecular flexibility index (Phi) is 2.91.